The van der Waals surface area contributed by atoms with Gasteiger partial charge in [0.25, 0.3) is 5.91 Å². The normalized spacial score (nSPS) is 14.8. The lowest BCUT2D eigenvalue weighted by Gasteiger charge is -2.31. The lowest BCUT2D eigenvalue weighted by atomic mass is 10.0. The Kier molecular flexibility index (Phi) is 6.58. The molecule has 2 rings (SSSR count). The highest BCUT2D eigenvalue weighted by atomic mass is 16.1. The number of aryl methyl sites for hydroxylation is 2. The van der Waals surface area contributed by atoms with E-state index >= 15 is 0 Å². The van der Waals surface area contributed by atoms with Crippen LogP contribution in [0.1, 0.15) is 25.0 Å². The maximum absolute atomic E-state index is 12.6. The third-order valence-electron chi connectivity index (χ3n) is 4.41. The molecule has 1 N–H and O–H groups in total. The van der Waals surface area contributed by atoms with Crippen molar-refractivity contribution in [3.05, 3.63) is 41.1 Å². The fourth-order valence-electron chi connectivity index (χ4n) is 2.88. The molecule has 1 heterocycles. The molecule has 1 aliphatic heterocycles. The van der Waals surface area contributed by atoms with Crippen molar-refractivity contribution in [2.24, 2.45) is 0 Å². The van der Waals surface area contributed by atoms with Crippen LogP contribution in [0.2, 0.25) is 0 Å². The summed E-state index contributed by atoms with van der Waals surface area (Å²) in [6.07, 6.45) is 4.04. The summed E-state index contributed by atoms with van der Waals surface area (Å²) in [5.74, 6) is -0.393. The fraction of sp³-hybridized carbons (Fsp3) is 0.421. The van der Waals surface area contributed by atoms with Gasteiger partial charge in [0.15, 0.2) is 0 Å². The van der Waals surface area contributed by atoms with Crippen LogP contribution in [0.3, 0.4) is 0 Å². The van der Waals surface area contributed by atoms with E-state index in [0.717, 1.165) is 36.1 Å². The molecule has 1 aliphatic rings. The SMILES string of the molecule is CCc1cccc(CC)c1NC(=O)/C(C#N)=C\N1CCN(C=O)CC1. The minimum Gasteiger partial charge on any atom is -0.373 e. The van der Waals surface area contributed by atoms with Gasteiger partial charge >= 0.3 is 0 Å². The first-order valence-corrected chi connectivity index (χ1v) is 8.60. The van der Waals surface area contributed by atoms with E-state index in [4.69, 9.17) is 0 Å². The minimum atomic E-state index is -0.393. The number of carbonyl (C=O) groups excluding carboxylic acids is 2. The summed E-state index contributed by atoms with van der Waals surface area (Å²) in [6, 6.07) is 7.96. The molecule has 25 heavy (non-hydrogen) atoms. The second-order valence-electron chi connectivity index (χ2n) is 5.94. The number of benzene rings is 1. The molecular weight excluding hydrogens is 316 g/mol. The van der Waals surface area contributed by atoms with Gasteiger partial charge in [-0.25, -0.2) is 0 Å². The number of piperazine rings is 1. The van der Waals surface area contributed by atoms with Crippen molar-refractivity contribution in [2.75, 3.05) is 31.5 Å². The van der Waals surface area contributed by atoms with Crippen LogP contribution in [0, 0.1) is 11.3 Å². The van der Waals surface area contributed by atoms with Gasteiger partial charge < -0.3 is 15.1 Å². The zero-order valence-corrected chi connectivity index (χ0v) is 14.8. The van der Waals surface area contributed by atoms with Crippen LogP contribution in [-0.4, -0.2) is 48.3 Å². The van der Waals surface area contributed by atoms with Crippen molar-refractivity contribution < 1.29 is 9.59 Å². The lowest BCUT2D eigenvalue weighted by Crippen LogP contribution is -2.43. The van der Waals surface area contributed by atoms with Crippen LogP contribution in [0.4, 0.5) is 5.69 Å². The number of hydrogen-bond acceptors (Lipinski definition) is 4. The predicted octanol–water partition coefficient (Wildman–Crippen LogP) is 1.93. The number of nitrogens with zero attached hydrogens (tertiary/aromatic N) is 3. The number of anilines is 1. The van der Waals surface area contributed by atoms with Crippen molar-refractivity contribution in [1.29, 1.82) is 5.26 Å². The van der Waals surface area contributed by atoms with Crippen molar-refractivity contribution >= 4 is 18.0 Å². The number of para-hydroxylation sites is 1. The predicted molar refractivity (Wildman–Crippen MR) is 96.7 cm³/mol. The van der Waals surface area contributed by atoms with Gasteiger partial charge in [-0.2, -0.15) is 5.26 Å². The number of amides is 2. The Balaban J connectivity index is 2.15. The van der Waals surface area contributed by atoms with E-state index in [0.29, 0.717) is 26.2 Å². The highest BCUT2D eigenvalue weighted by Crippen LogP contribution is 2.23. The van der Waals surface area contributed by atoms with Gasteiger partial charge in [-0.3, -0.25) is 9.59 Å². The molecule has 2 amide bonds. The van der Waals surface area contributed by atoms with Crippen molar-refractivity contribution in [1.82, 2.24) is 9.80 Å². The summed E-state index contributed by atoms with van der Waals surface area (Å²) in [5.41, 5.74) is 3.01. The average molecular weight is 340 g/mol. The molecule has 0 atom stereocenters. The molecule has 0 bridgehead atoms. The largest absolute Gasteiger partial charge is 0.373 e. The molecule has 0 radical (unpaired) electrons. The Bertz CT molecular complexity index is 676. The number of nitrogens with one attached hydrogen (secondary N) is 1. The van der Waals surface area contributed by atoms with Gasteiger partial charge in [0.1, 0.15) is 11.6 Å². The van der Waals surface area contributed by atoms with Crippen molar-refractivity contribution in [2.45, 2.75) is 26.7 Å². The van der Waals surface area contributed by atoms with E-state index in [1.165, 1.54) is 0 Å². The topological polar surface area (TPSA) is 76.4 Å². The summed E-state index contributed by atoms with van der Waals surface area (Å²) >= 11 is 0. The monoisotopic (exact) mass is 340 g/mol. The molecule has 1 aromatic rings. The molecule has 1 aromatic carbocycles. The molecule has 1 fully saturated rings. The van der Waals surface area contributed by atoms with Gasteiger partial charge in [0.05, 0.1) is 0 Å². The maximum Gasteiger partial charge on any atom is 0.267 e. The number of carbonyl (C=O) groups is 2. The molecule has 0 spiro atoms. The summed E-state index contributed by atoms with van der Waals surface area (Å²) in [5, 5.41) is 12.3. The quantitative estimate of drug-likeness (QED) is 0.488. The van der Waals surface area contributed by atoms with Crippen LogP contribution >= 0.6 is 0 Å². The third-order valence-corrected chi connectivity index (χ3v) is 4.41. The van der Waals surface area contributed by atoms with Gasteiger partial charge in [-0.05, 0) is 24.0 Å². The van der Waals surface area contributed by atoms with Gasteiger partial charge in [-0.15, -0.1) is 0 Å². The van der Waals surface area contributed by atoms with E-state index in [1.807, 2.05) is 43.0 Å². The highest BCUT2D eigenvalue weighted by molar-refractivity contribution is 6.07. The Hall–Kier alpha value is -2.81. The van der Waals surface area contributed by atoms with Crippen LogP contribution in [0.5, 0.6) is 0 Å². The summed E-state index contributed by atoms with van der Waals surface area (Å²) < 4.78 is 0. The molecule has 0 saturated carbocycles. The lowest BCUT2D eigenvalue weighted by molar-refractivity contribution is -0.119. The van der Waals surface area contributed by atoms with Crippen LogP contribution in [0.25, 0.3) is 0 Å². The molecule has 6 heteroatoms. The van der Waals surface area contributed by atoms with Crippen molar-refractivity contribution in [3.8, 4) is 6.07 Å². The van der Waals surface area contributed by atoms with Crippen LogP contribution in [0.15, 0.2) is 30.0 Å². The van der Waals surface area contributed by atoms with E-state index in [-0.39, 0.29) is 5.57 Å². The first kappa shape index (κ1) is 18.5. The maximum atomic E-state index is 12.6. The first-order valence-electron chi connectivity index (χ1n) is 8.60. The van der Waals surface area contributed by atoms with Crippen LogP contribution < -0.4 is 5.32 Å². The Labute approximate surface area is 148 Å². The summed E-state index contributed by atoms with van der Waals surface area (Å²) in [6.45, 7) is 6.50. The third kappa shape index (κ3) is 4.60. The standard InChI is InChI=1S/C19H24N4O2/c1-3-15-6-5-7-16(4-2)18(15)21-19(25)17(12-20)13-22-8-10-23(14-24)11-9-22/h5-7,13-14H,3-4,8-11H2,1-2H3,(H,21,25)/b17-13-. The molecule has 0 unspecified atom stereocenters. The molecule has 6 nitrogen and oxygen atoms in total. The van der Waals surface area contributed by atoms with Crippen LogP contribution in [-0.2, 0) is 22.4 Å². The Morgan fingerprint density at radius 2 is 1.72 bits per heavy atom. The van der Waals surface area contributed by atoms with Gasteiger partial charge in [-0.1, -0.05) is 32.0 Å². The zero-order chi connectivity index (χ0) is 18.2. The number of rotatable bonds is 6. The molecule has 1 saturated heterocycles. The highest BCUT2D eigenvalue weighted by Gasteiger charge is 2.17. The zero-order valence-electron chi connectivity index (χ0n) is 14.8. The smallest absolute Gasteiger partial charge is 0.267 e. The molecular formula is C19H24N4O2. The van der Waals surface area contributed by atoms with Gasteiger partial charge in [0, 0.05) is 38.1 Å². The Morgan fingerprint density at radius 3 is 2.20 bits per heavy atom. The fourth-order valence-corrected chi connectivity index (χ4v) is 2.88. The molecule has 0 aromatic heterocycles. The van der Waals surface area contributed by atoms with Gasteiger partial charge in [0.2, 0.25) is 6.41 Å². The summed E-state index contributed by atoms with van der Waals surface area (Å²) in [7, 11) is 0. The second-order valence-corrected chi connectivity index (χ2v) is 5.94. The molecule has 0 aliphatic carbocycles. The number of hydrogen-bond donors (Lipinski definition) is 1. The minimum absolute atomic E-state index is 0.0764. The average Bonchev–Trinajstić information content (AvgIpc) is 2.66. The van der Waals surface area contributed by atoms with E-state index in [1.54, 1.807) is 11.1 Å². The first-order chi connectivity index (χ1) is 12.1. The van der Waals surface area contributed by atoms with E-state index in [9.17, 15) is 14.9 Å². The van der Waals surface area contributed by atoms with E-state index in [2.05, 4.69) is 5.32 Å². The molecule has 132 valence electrons. The number of nitriles is 1. The summed E-state index contributed by atoms with van der Waals surface area (Å²) in [4.78, 5) is 26.9. The second kappa shape index (κ2) is 8.88. The van der Waals surface area contributed by atoms with Crippen molar-refractivity contribution in [3.63, 3.8) is 0 Å². The Morgan fingerprint density at radius 1 is 1.16 bits per heavy atom. The van der Waals surface area contributed by atoms with E-state index < -0.39 is 5.91 Å².